The van der Waals surface area contributed by atoms with Crippen molar-refractivity contribution in [3.63, 3.8) is 0 Å². The van der Waals surface area contributed by atoms with Crippen molar-refractivity contribution >= 4 is 15.9 Å². The number of para-hydroxylation sites is 1. The second-order valence-corrected chi connectivity index (χ2v) is 10.8. The number of rotatable bonds is 3. The Hall–Kier alpha value is -2.52. The molecular weight excluding hydrogens is 416 g/mol. The zero-order valence-electron chi connectivity index (χ0n) is 17.3. The highest BCUT2D eigenvalue weighted by Gasteiger charge is 2.44. The molecule has 164 valence electrons. The first kappa shape index (κ1) is 20.4. The minimum Gasteiger partial charge on any atom is -0.492 e. The van der Waals surface area contributed by atoms with Gasteiger partial charge >= 0.3 is 0 Å². The molecule has 0 unspecified atom stereocenters. The van der Waals surface area contributed by atoms with Crippen molar-refractivity contribution in [3.8, 4) is 5.75 Å². The lowest BCUT2D eigenvalue weighted by molar-refractivity contribution is 0.0296. The molecule has 8 nitrogen and oxygen atoms in total. The Bertz CT molecular complexity index is 1060. The zero-order valence-corrected chi connectivity index (χ0v) is 18.1. The van der Waals surface area contributed by atoms with Crippen LogP contribution in [0.1, 0.15) is 36.0 Å². The first-order valence-electron chi connectivity index (χ1n) is 10.7. The average molecular weight is 443 g/mol. The maximum atomic E-state index is 13.5. The molecule has 3 aliphatic rings. The number of ether oxygens (including phenoxy) is 1. The molecule has 2 fully saturated rings. The van der Waals surface area contributed by atoms with Gasteiger partial charge in [-0.05, 0) is 49.8 Å². The number of amides is 1. The van der Waals surface area contributed by atoms with Crippen LogP contribution >= 0.6 is 0 Å². The molecule has 2 aromatic rings. The molecule has 1 saturated heterocycles. The van der Waals surface area contributed by atoms with Crippen LogP contribution in [-0.4, -0.2) is 66.5 Å². The lowest BCUT2D eigenvalue weighted by Crippen LogP contribution is -2.52. The standard InChI is InChI=1S/C22H26N4O4S/c27-21(18-7-10-23-24-13-18)25-11-8-22(9-12-25)15-26(14-17-5-6-17)31(28,29)20-4-2-1-3-19(20)30-16-22/h1-4,7,10,13,17H,5-6,8-9,11-12,14-16H2. The van der Waals surface area contributed by atoms with Gasteiger partial charge in [-0.1, -0.05) is 12.1 Å². The van der Waals surface area contributed by atoms with Crippen molar-refractivity contribution < 1.29 is 17.9 Å². The average Bonchev–Trinajstić information content (AvgIpc) is 3.62. The van der Waals surface area contributed by atoms with E-state index in [1.54, 1.807) is 34.6 Å². The summed E-state index contributed by atoms with van der Waals surface area (Å²) in [6.45, 7) is 2.55. The van der Waals surface area contributed by atoms with E-state index in [4.69, 9.17) is 4.74 Å². The fraction of sp³-hybridized carbons (Fsp3) is 0.500. The largest absolute Gasteiger partial charge is 0.492 e. The van der Waals surface area contributed by atoms with Crippen molar-refractivity contribution in [2.24, 2.45) is 11.3 Å². The number of benzene rings is 1. The number of likely N-dealkylation sites (tertiary alicyclic amines) is 1. The van der Waals surface area contributed by atoms with E-state index in [0.29, 0.717) is 62.9 Å². The van der Waals surface area contributed by atoms with Crippen LogP contribution in [0.25, 0.3) is 0 Å². The summed E-state index contributed by atoms with van der Waals surface area (Å²) in [6, 6.07) is 8.57. The molecule has 0 bridgehead atoms. The highest BCUT2D eigenvalue weighted by Crippen LogP contribution is 2.41. The van der Waals surface area contributed by atoms with Gasteiger partial charge in [0.15, 0.2) is 0 Å². The summed E-state index contributed by atoms with van der Waals surface area (Å²) in [6.07, 6.45) is 6.54. The van der Waals surface area contributed by atoms with Crippen LogP contribution in [0.3, 0.4) is 0 Å². The predicted molar refractivity (Wildman–Crippen MR) is 113 cm³/mol. The second-order valence-electron chi connectivity index (χ2n) is 8.90. The molecule has 1 aromatic carbocycles. The predicted octanol–water partition coefficient (Wildman–Crippen LogP) is 2.19. The number of hydrogen-bond acceptors (Lipinski definition) is 6. The van der Waals surface area contributed by atoms with Crippen molar-refractivity contribution in [2.75, 3.05) is 32.8 Å². The highest BCUT2D eigenvalue weighted by molar-refractivity contribution is 7.89. The third-order valence-corrected chi connectivity index (χ3v) is 8.46. The molecule has 0 atom stereocenters. The van der Waals surface area contributed by atoms with E-state index in [9.17, 15) is 13.2 Å². The molecule has 3 heterocycles. The van der Waals surface area contributed by atoms with Crippen LogP contribution in [0.2, 0.25) is 0 Å². The molecular formula is C22H26N4O4S. The molecule has 9 heteroatoms. The van der Waals surface area contributed by atoms with Gasteiger partial charge in [-0.3, -0.25) is 4.79 Å². The van der Waals surface area contributed by atoms with Crippen molar-refractivity contribution in [1.82, 2.24) is 19.4 Å². The van der Waals surface area contributed by atoms with Gasteiger partial charge in [-0.15, -0.1) is 0 Å². The summed E-state index contributed by atoms with van der Waals surface area (Å²) in [4.78, 5) is 14.9. The first-order valence-corrected chi connectivity index (χ1v) is 12.2. The lowest BCUT2D eigenvalue weighted by atomic mass is 9.78. The Labute approximate surface area is 182 Å². The van der Waals surface area contributed by atoms with Crippen LogP contribution in [0, 0.1) is 11.3 Å². The Balaban J connectivity index is 1.39. The number of nitrogens with zero attached hydrogens (tertiary/aromatic N) is 4. The number of sulfonamides is 1. The minimum atomic E-state index is -3.63. The van der Waals surface area contributed by atoms with E-state index in [0.717, 1.165) is 12.8 Å². The number of aromatic nitrogens is 2. The van der Waals surface area contributed by atoms with E-state index >= 15 is 0 Å². The topological polar surface area (TPSA) is 92.7 Å². The minimum absolute atomic E-state index is 0.0654. The van der Waals surface area contributed by atoms with E-state index in [-0.39, 0.29) is 16.2 Å². The van der Waals surface area contributed by atoms with Crippen LogP contribution in [-0.2, 0) is 10.0 Å². The van der Waals surface area contributed by atoms with E-state index in [1.807, 2.05) is 4.90 Å². The van der Waals surface area contributed by atoms with Crippen molar-refractivity contribution in [3.05, 3.63) is 48.3 Å². The highest BCUT2D eigenvalue weighted by atomic mass is 32.2. The van der Waals surface area contributed by atoms with Gasteiger partial charge in [0.2, 0.25) is 10.0 Å². The van der Waals surface area contributed by atoms with Gasteiger partial charge in [0.1, 0.15) is 10.6 Å². The molecule has 1 aliphatic carbocycles. The summed E-state index contributed by atoms with van der Waals surface area (Å²) in [5, 5.41) is 7.53. The second kappa shape index (κ2) is 7.87. The summed E-state index contributed by atoms with van der Waals surface area (Å²) in [7, 11) is -3.63. The van der Waals surface area contributed by atoms with Crippen LogP contribution < -0.4 is 4.74 Å². The molecule has 31 heavy (non-hydrogen) atoms. The third-order valence-electron chi connectivity index (χ3n) is 6.61. The third kappa shape index (κ3) is 4.04. The fourth-order valence-corrected chi connectivity index (χ4v) is 6.26. The van der Waals surface area contributed by atoms with Gasteiger partial charge in [0.25, 0.3) is 5.91 Å². The Morgan fingerprint density at radius 2 is 1.90 bits per heavy atom. The Kier molecular flexibility index (Phi) is 5.18. The SMILES string of the molecule is O=C(c1ccnnc1)N1CCC2(CC1)COc1ccccc1S(=O)(=O)N(CC1CC1)C2. The number of fused-ring (bicyclic) bond motifs is 1. The monoisotopic (exact) mass is 442 g/mol. The lowest BCUT2D eigenvalue weighted by Gasteiger charge is -2.45. The number of piperidine rings is 1. The number of carbonyl (C=O) groups is 1. The Morgan fingerprint density at radius 1 is 1.13 bits per heavy atom. The summed E-state index contributed by atoms with van der Waals surface area (Å²) < 4.78 is 34.7. The summed E-state index contributed by atoms with van der Waals surface area (Å²) in [5.41, 5.74) is 0.203. The number of hydrogen-bond donors (Lipinski definition) is 0. The van der Waals surface area contributed by atoms with Crippen LogP contribution in [0.4, 0.5) is 0 Å². The fourth-order valence-electron chi connectivity index (χ4n) is 4.49. The van der Waals surface area contributed by atoms with Gasteiger partial charge in [-0.2, -0.15) is 14.5 Å². The molecule has 1 amide bonds. The van der Waals surface area contributed by atoms with Crippen LogP contribution in [0.5, 0.6) is 5.75 Å². The normalized spacial score (nSPS) is 22.8. The first-order chi connectivity index (χ1) is 15.0. The van der Waals surface area contributed by atoms with E-state index < -0.39 is 10.0 Å². The van der Waals surface area contributed by atoms with E-state index in [1.165, 1.54) is 12.4 Å². The Morgan fingerprint density at radius 3 is 2.61 bits per heavy atom. The van der Waals surface area contributed by atoms with Gasteiger partial charge in [0.05, 0.1) is 24.6 Å². The zero-order chi connectivity index (χ0) is 21.5. The smallest absolute Gasteiger partial charge is 0.255 e. The molecule has 2 aliphatic heterocycles. The molecule has 5 rings (SSSR count). The van der Waals surface area contributed by atoms with Gasteiger partial charge < -0.3 is 9.64 Å². The molecule has 0 N–H and O–H groups in total. The van der Waals surface area contributed by atoms with Gasteiger partial charge in [0, 0.05) is 31.6 Å². The maximum Gasteiger partial charge on any atom is 0.255 e. The molecule has 1 aromatic heterocycles. The maximum absolute atomic E-state index is 13.5. The van der Waals surface area contributed by atoms with Gasteiger partial charge in [-0.25, -0.2) is 8.42 Å². The van der Waals surface area contributed by atoms with E-state index in [2.05, 4.69) is 10.2 Å². The quantitative estimate of drug-likeness (QED) is 0.724. The summed E-state index contributed by atoms with van der Waals surface area (Å²) >= 11 is 0. The van der Waals surface area contributed by atoms with Crippen molar-refractivity contribution in [1.29, 1.82) is 0 Å². The molecule has 0 radical (unpaired) electrons. The van der Waals surface area contributed by atoms with Crippen LogP contribution in [0.15, 0.2) is 47.6 Å². The van der Waals surface area contributed by atoms with Crippen molar-refractivity contribution in [2.45, 2.75) is 30.6 Å². The number of carbonyl (C=O) groups excluding carboxylic acids is 1. The molecule has 1 saturated carbocycles. The molecule has 1 spiro atoms. The summed E-state index contributed by atoms with van der Waals surface area (Å²) in [5.74, 6) is 0.799.